The number of aliphatic hydroxyl groups is 1. The van der Waals surface area contributed by atoms with E-state index in [1.165, 1.54) is 0 Å². The van der Waals surface area contributed by atoms with Gasteiger partial charge in [0, 0.05) is 18.9 Å². The number of aryl methyl sites for hydroxylation is 2. The van der Waals surface area contributed by atoms with E-state index in [0.29, 0.717) is 6.42 Å². The maximum absolute atomic E-state index is 10.1. The Morgan fingerprint density at radius 3 is 2.58 bits per heavy atom. The van der Waals surface area contributed by atoms with Crippen molar-refractivity contribution in [1.82, 2.24) is 9.78 Å². The summed E-state index contributed by atoms with van der Waals surface area (Å²) in [4.78, 5) is 0. The lowest BCUT2D eigenvalue weighted by atomic mass is 10.0. The van der Waals surface area contributed by atoms with E-state index >= 15 is 0 Å². The summed E-state index contributed by atoms with van der Waals surface area (Å²) >= 11 is 0. The van der Waals surface area contributed by atoms with Gasteiger partial charge in [-0.25, -0.2) is 0 Å². The van der Waals surface area contributed by atoms with Gasteiger partial charge < -0.3 is 9.84 Å². The summed E-state index contributed by atoms with van der Waals surface area (Å²) < 4.78 is 6.96. The maximum atomic E-state index is 10.1. The second kappa shape index (κ2) is 6.38. The number of hydrogen-bond donors (Lipinski definition) is 1. The van der Waals surface area contributed by atoms with Crippen molar-refractivity contribution >= 4 is 0 Å². The van der Waals surface area contributed by atoms with Crippen LogP contribution in [0, 0.1) is 0 Å². The number of aromatic nitrogens is 2. The highest BCUT2D eigenvalue weighted by Gasteiger charge is 2.08. The first kappa shape index (κ1) is 13.6. The van der Waals surface area contributed by atoms with Gasteiger partial charge in [0.25, 0.3) is 0 Å². The van der Waals surface area contributed by atoms with Gasteiger partial charge in [-0.2, -0.15) is 5.10 Å². The molecule has 2 aromatic rings. The number of hydrogen-bond acceptors (Lipinski definition) is 3. The number of rotatable bonds is 6. The van der Waals surface area contributed by atoms with Crippen molar-refractivity contribution in [1.29, 1.82) is 0 Å². The summed E-state index contributed by atoms with van der Waals surface area (Å²) in [7, 11) is 3.57. The van der Waals surface area contributed by atoms with Crippen molar-refractivity contribution in [3.63, 3.8) is 0 Å². The van der Waals surface area contributed by atoms with Crippen LogP contribution >= 0.6 is 0 Å². The standard InChI is InChI=1S/C15H20N2O2/c1-17-13(9-10-16-17)5-6-14(18)11-12-3-7-15(19-2)8-4-12/h3-4,7-10,14,18H,5-6,11H2,1-2H3. The first-order chi connectivity index (χ1) is 9.19. The minimum Gasteiger partial charge on any atom is -0.497 e. The van der Waals surface area contributed by atoms with E-state index in [0.717, 1.165) is 29.8 Å². The van der Waals surface area contributed by atoms with Gasteiger partial charge in [-0.15, -0.1) is 0 Å². The molecule has 0 aliphatic rings. The summed E-state index contributed by atoms with van der Waals surface area (Å²) in [5, 5.41) is 14.2. The Morgan fingerprint density at radius 1 is 1.26 bits per heavy atom. The van der Waals surface area contributed by atoms with Gasteiger partial charge in [0.05, 0.1) is 13.2 Å². The van der Waals surface area contributed by atoms with Crippen LogP contribution in [0.5, 0.6) is 5.75 Å². The molecule has 0 aliphatic carbocycles. The number of ether oxygens (including phenoxy) is 1. The Balaban J connectivity index is 1.83. The molecule has 0 aliphatic heterocycles. The van der Waals surface area contributed by atoms with E-state index < -0.39 is 0 Å². The zero-order valence-corrected chi connectivity index (χ0v) is 11.4. The molecule has 4 heteroatoms. The molecule has 1 atom stereocenters. The fourth-order valence-electron chi connectivity index (χ4n) is 2.10. The lowest BCUT2D eigenvalue weighted by Gasteiger charge is -2.11. The molecule has 0 amide bonds. The minimum absolute atomic E-state index is 0.330. The quantitative estimate of drug-likeness (QED) is 0.863. The van der Waals surface area contributed by atoms with Crippen LogP contribution in [0.2, 0.25) is 0 Å². The van der Waals surface area contributed by atoms with Crippen LogP contribution in [0.1, 0.15) is 17.7 Å². The van der Waals surface area contributed by atoms with E-state index in [-0.39, 0.29) is 6.10 Å². The van der Waals surface area contributed by atoms with Crippen molar-refractivity contribution < 1.29 is 9.84 Å². The number of aliphatic hydroxyl groups excluding tert-OH is 1. The summed E-state index contributed by atoms with van der Waals surface area (Å²) in [5.74, 6) is 0.841. The van der Waals surface area contributed by atoms with E-state index in [9.17, 15) is 5.11 Å². The molecule has 1 unspecified atom stereocenters. The van der Waals surface area contributed by atoms with Crippen LogP contribution in [0.3, 0.4) is 0 Å². The Morgan fingerprint density at radius 2 is 2.00 bits per heavy atom. The number of methoxy groups -OCH3 is 1. The number of benzene rings is 1. The van der Waals surface area contributed by atoms with Crippen molar-refractivity contribution in [3.05, 3.63) is 47.8 Å². The average Bonchev–Trinajstić information content (AvgIpc) is 2.83. The number of nitrogens with zero attached hydrogens (tertiary/aromatic N) is 2. The van der Waals surface area contributed by atoms with E-state index in [1.54, 1.807) is 13.3 Å². The van der Waals surface area contributed by atoms with Gasteiger partial charge in [0.15, 0.2) is 0 Å². The molecule has 0 fully saturated rings. The summed E-state index contributed by atoms with van der Waals surface area (Å²) in [6.45, 7) is 0. The Bertz CT molecular complexity index is 505. The van der Waals surface area contributed by atoms with Crippen molar-refractivity contribution in [2.75, 3.05) is 7.11 Å². The molecule has 1 heterocycles. The molecule has 1 aromatic carbocycles. The van der Waals surface area contributed by atoms with Crippen LogP contribution in [0.15, 0.2) is 36.5 Å². The fourth-order valence-corrected chi connectivity index (χ4v) is 2.10. The van der Waals surface area contributed by atoms with Crippen LogP contribution < -0.4 is 4.74 Å². The predicted molar refractivity (Wildman–Crippen MR) is 74.2 cm³/mol. The second-order valence-corrected chi connectivity index (χ2v) is 4.69. The molecule has 19 heavy (non-hydrogen) atoms. The molecule has 0 spiro atoms. The molecule has 0 saturated heterocycles. The second-order valence-electron chi connectivity index (χ2n) is 4.69. The molecular weight excluding hydrogens is 240 g/mol. The lowest BCUT2D eigenvalue weighted by molar-refractivity contribution is 0.164. The highest BCUT2D eigenvalue weighted by molar-refractivity contribution is 5.27. The first-order valence-electron chi connectivity index (χ1n) is 6.47. The van der Waals surface area contributed by atoms with Crippen molar-refractivity contribution in [2.24, 2.45) is 7.05 Å². The zero-order valence-electron chi connectivity index (χ0n) is 11.4. The third-order valence-corrected chi connectivity index (χ3v) is 3.29. The predicted octanol–water partition coefficient (Wildman–Crippen LogP) is 1.96. The third kappa shape index (κ3) is 3.83. The molecule has 4 nitrogen and oxygen atoms in total. The van der Waals surface area contributed by atoms with Gasteiger partial charge in [0.1, 0.15) is 5.75 Å². The normalized spacial score (nSPS) is 12.4. The van der Waals surface area contributed by atoms with Gasteiger partial charge in [0.2, 0.25) is 0 Å². The first-order valence-corrected chi connectivity index (χ1v) is 6.47. The minimum atomic E-state index is -0.330. The average molecular weight is 260 g/mol. The third-order valence-electron chi connectivity index (χ3n) is 3.29. The highest BCUT2D eigenvalue weighted by Crippen LogP contribution is 2.14. The molecule has 2 rings (SSSR count). The fraction of sp³-hybridized carbons (Fsp3) is 0.400. The molecule has 1 aromatic heterocycles. The topological polar surface area (TPSA) is 47.3 Å². The molecule has 1 N–H and O–H groups in total. The van der Waals surface area contributed by atoms with Crippen molar-refractivity contribution in [3.8, 4) is 5.75 Å². The largest absolute Gasteiger partial charge is 0.497 e. The van der Waals surface area contributed by atoms with Crippen LogP contribution in [0.4, 0.5) is 0 Å². The van der Waals surface area contributed by atoms with E-state index in [4.69, 9.17) is 4.74 Å². The van der Waals surface area contributed by atoms with Gasteiger partial charge in [-0.05, 0) is 43.0 Å². The summed E-state index contributed by atoms with van der Waals surface area (Å²) in [6, 6.07) is 9.81. The highest BCUT2D eigenvalue weighted by atomic mass is 16.5. The smallest absolute Gasteiger partial charge is 0.118 e. The molecule has 0 radical (unpaired) electrons. The summed E-state index contributed by atoms with van der Waals surface area (Å²) in [6.07, 6.45) is 3.70. The van der Waals surface area contributed by atoms with Gasteiger partial charge >= 0.3 is 0 Å². The Labute approximate surface area is 113 Å². The zero-order chi connectivity index (χ0) is 13.7. The van der Waals surface area contributed by atoms with Gasteiger partial charge in [-0.3, -0.25) is 4.68 Å². The van der Waals surface area contributed by atoms with Crippen LogP contribution in [-0.2, 0) is 19.9 Å². The van der Waals surface area contributed by atoms with Gasteiger partial charge in [-0.1, -0.05) is 12.1 Å². The Kier molecular flexibility index (Phi) is 4.58. The lowest BCUT2D eigenvalue weighted by Crippen LogP contribution is -2.12. The molecule has 0 bridgehead atoms. The monoisotopic (exact) mass is 260 g/mol. The van der Waals surface area contributed by atoms with Crippen LogP contribution in [-0.4, -0.2) is 28.1 Å². The Hall–Kier alpha value is -1.81. The van der Waals surface area contributed by atoms with E-state index in [2.05, 4.69) is 5.10 Å². The molecule has 0 saturated carbocycles. The maximum Gasteiger partial charge on any atom is 0.118 e. The molecular formula is C15H20N2O2. The molecule has 102 valence electrons. The van der Waals surface area contributed by atoms with Crippen molar-refractivity contribution in [2.45, 2.75) is 25.4 Å². The van der Waals surface area contributed by atoms with E-state index in [1.807, 2.05) is 42.1 Å². The summed E-state index contributed by atoms with van der Waals surface area (Å²) in [5.41, 5.74) is 2.27. The SMILES string of the molecule is COc1ccc(CC(O)CCc2ccnn2C)cc1. The van der Waals surface area contributed by atoms with Crippen LogP contribution in [0.25, 0.3) is 0 Å².